The van der Waals surface area contributed by atoms with Gasteiger partial charge in [-0.25, -0.2) is 4.39 Å². The molecule has 0 amide bonds. The molecule has 0 saturated carbocycles. The smallest absolute Gasteiger partial charge is 0.123 e. The first-order chi connectivity index (χ1) is 9.13. The molecule has 0 bridgehead atoms. The number of aromatic nitrogens is 2. The molecule has 1 atom stereocenters. The fraction of sp³-hybridized carbons (Fsp3) is 0.400. The lowest BCUT2D eigenvalue weighted by Crippen LogP contribution is -2.20. The second-order valence-electron chi connectivity index (χ2n) is 4.75. The van der Waals surface area contributed by atoms with E-state index in [0.29, 0.717) is 0 Å². The van der Waals surface area contributed by atoms with Gasteiger partial charge in [-0.2, -0.15) is 5.10 Å². The van der Waals surface area contributed by atoms with E-state index in [0.717, 1.165) is 29.8 Å². The van der Waals surface area contributed by atoms with Gasteiger partial charge in [0.25, 0.3) is 0 Å². The van der Waals surface area contributed by atoms with Crippen LogP contribution in [0.5, 0.6) is 0 Å². The zero-order chi connectivity index (χ0) is 13.8. The van der Waals surface area contributed by atoms with Crippen molar-refractivity contribution in [2.45, 2.75) is 26.3 Å². The van der Waals surface area contributed by atoms with E-state index in [1.54, 1.807) is 16.9 Å². The van der Waals surface area contributed by atoms with Gasteiger partial charge in [-0.15, -0.1) is 0 Å². The van der Waals surface area contributed by atoms with Gasteiger partial charge < -0.3 is 5.32 Å². The van der Waals surface area contributed by atoms with Crippen LogP contribution in [-0.2, 0) is 7.05 Å². The van der Waals surface area contributed by atoms with Crippen LogP contribution in [-0.4, -0.2) is 16.3 Å². The topological polar surface area (TPSA) is 29.9 Å². The molecular formula is C15H20FN3. The van der Waals surface area contributed by atoms with E-state index in [9.17, 15) is 4.39 Å². The second-order valence-corrected chi connectivity index (χ2v) is 4.75. The molecule has 1 N–H and O–H groups in total. The highest BCUT2D eigenvalue weighted by Gasteiger charge is 2.14. The van der Waals surface area contributed by atoms with Crippen LogP contribution < -0.4 is 5.32 Å². The van der Waals surface area contributed by atoms with Crippen LogP contribution >= 0.6 is 0 Å². The van der Waals surface area contributed by atoms with Crippen molar-refractivity contribution in [2.24, 2.45) is 7.05 Å². The van der Waals surface area contributed by atoms with Crippen LogP contribution in [0.4, 0.5) is 4.39 Å². The molecule has 3 nitrogen and oxygen atoms in total. The van der Waals surface area contributed by atoms with Crippen molar-refractivity contribution in [2.75, 3.05) is 6.54 Å². The van der Waals surface area contributed by atoms with Gasteiger partial charge in [0.15, 0.2) is 0 Å². The first-order valence-corrected chi connectivity index (χ1v) is 6.64. The Hall–Kier alpha value is -1.68. The summed E-state index contributed by atoms with van der Waals surface area (Å²) in [5.41, 5.74) is 2.93. The molecule has 0 fully saturated rings. The average molecular weight is 261 g/mol. The molecular weight excluding hydrogens is 241 g/mol. The van der Waals surface area contributed by atoms with Crippen molar-refractivity contribution in [3.63, 3.8) is 0 Å². The Labute approximate surface area is 113 Å². The Morgan fingerprint density at radius 3 is 2.79 bits per heavy atom. The molecule has 19 heavy (non-hydrogen) atoms. The van der Waals surface area contributed by atoms with Gasteiger partial charge in [0.05, 0.1) is 5.69 Å². The summed E-state index contributed by atoms with van der Waals surface area (Å²) in [5, 5.41) is 7.60. The number of benzene rings is 1. The number of rotatable bonds is 5. The van der Waals surface area contributed by atoms with Crippen molar-refractivity contribution < 1.29 is 4.39 Å². The highest BCUT2D eigenvalue weighted by atomic mass is 19.1. The molecule has 0 spiro atoms. The molecule has 1 unspecified atom stereocenters. The molecule has 1 aromatic heterocycles. The van der Waals surface area contributed by atoms with E-state index in [-0.39, 0.29) is 11.9 Å². The maximum Gasteiger partial charge on any atom is 0.123 e. The van der Waals surface area contributed by atoms with Crippen LogP contribution in [0, 0.1) is 5.82 Å². The van der Waals surface area contributed by atoms with Crippen LogP contribution in [0.1, 0.15) is 31.9 Å². The Bertz CT molecular complexity index is 548. The van der Waals surface area contributed by atoms with E-state index >= 15 is 0 Å². The third kappa shape index (κ3) is 3.01. The number of halogens is 1. The highest BCUT2D eigenvalue weighted by molar-refractivity contribution is 5.64. The van der Waals surface area contributed by atoms with Crippen molar-refractivity contribution in [3.8, 4) is 11.3 Å². The lowest BCUT2D eigenvalue weighted by atomic mass is 9.98. The lowest BCUT2D eigenvalue weighted by Gasteiger charge is -2.18. The summed E-state index contributed by atoms with van der Waals surface area (Å²) < 4.78 is 15.3. The molecule has 0 radical (unpaired) electrons. The molecule has 2 aromatic rings. The third-order valence-electron chi connectivity index (χ3n) is 3.28. The Morgan fingerprint density at radius 2 is 2.16 bits per heavy atom. The summed E-state index contributed by atoms with van der Waals surface area (Å²) in [6, 6.07) is 7.04. The van der Waals surface area contributed by atoms with Gasteiger partial charge in [-0.3, -0.25) is 4.68 Å². The molecule has 0 aliphatic heterocycles. The average Bonchev–Trinajstić information content (AvgIpc) is 2.82. The minimum absolute atomic E-state index is 0.186. The normalized spacial score (nSPS) is 12.6. The minimum atomic E-state index is -0.220. The second kappa shape index (κ2) is 5.97. The Kier molecular flexibility index (Phi) is 4.32. The summed E-state index contributed by atoms with van der Waals surface area (Å²) >= 11 is 0. The Morgan fingerprint density at radius 1 is 1.37 bits per heavy atom. The van der Waals surface area contributed by atoms with Crippen LogP contribution in [0.3, 0.4) is 0 Å². The monoisotopic (exact) mass is 261 g/mol. The summed E-state index contributed by atoms with van der Waals surface area (Å²) in [4.78, 5) is 0. The predicted molar refractivity (Wildman–Crippen MR) is 75.3 cm³/mol. The number of nitrogens with zero attached hydrogens (tertiary/aromatic N) is 2. The van der Waals surface area contributed by atoms with E-state index in [2.05, 4.69) is 24.3 Å². The first-order valence-electron chi connectivity index (χ1n) is 6.64. The van der Waals surface area contributed by atoms with Gasteiger partial charge in [-0.05, 0) is 43.7 Å². The van der Waals surface area contributed by atoms with E-state index in [1.165, 1.54) is 6.07 Å². The zero-order valence-electron chi connectivity index (χ0n) is 11.7. The minimum Gasteiger partial charge on any atom is -0.310 e. The van der Waals surface area contributed by atoms with Gasteiger partial charge in [0, 0.05) is 24.8 Å². The van der Waals surface area contributed by atoms with Crippen LogP contribution in [0.15, 0.2) is 30.5 Å². The van der Waals surface area contributed by atoms with Crippen LogP contribution in [0.2, 0.25) is 0 Å². The van der Waals surface area contributed by atoms with Crippen molar-refractivity contribution in [3.05, 3.63) is 41.8 Å². The third-order valence-corrected chi connectivity index (χ3v) is 3.28. The van der Waals surface area contributed by atoms with E-state index in [1.807, 2.05) is 19.2 Å². The maximum absolute atomic E-state index is 13.5. The number of hydrogen-bond acceptors (Lipinski definition) is 2. The van der Waals surface area contributed by atoms with Gasteiger partial charge in [-0.1, -0.05) is 13.0 Å². The SMILES string of the molecule is CCCNC(C)c1ccc(F)cc1-c1ccnn1C. The zero-order valence-corrected chi connectivity index (χ0v) is 11.7. The first kappa shape index (κ1) is 13.7. The molecule has 0 saturated heterocycles. The lowest BCUT2D eigenvalue weighted by molar-refractivity contribution is 0.568. The summed E-state index contributed by atoms with van der Waals surface area (Å²) in [6.07, 6.45) is 2.81. The van der Waals surface area contributed by atoms with Crippen molar-refractivity contribution >= 4 is 0 Å². The Balaban J connectivity index is 2.41. The standard InChI is InChI=1S/C15H20FN3/c1-4-8-17-11(2)13-6-5-12(16)10-14(13)15-7-9-18-19(15)3/h5-7,9-11,17H,4,8H2,1-3H3. The van der Waals surface area contributed by atoms with E-state index < -0.39 is 0 Å². The molecule has 2 rings (SSSR count). The fourth-order valence-corrected chi connectivity index (χ4v) is 2.24. The molecule has 102 valence electrons. The fourth-order valence-electron chi connectivity index (χ4n) is 2.24. The van der Waals surface area contributed by atoms with Gasteiger partial charge in [0.1, 0.15) is 5.82 Å². The van der Waals surface area contributed by atoms with Crippen molar-refractivity contribution in [1.29, 1.82) is 0 Å². The molecule has 0 aliphatic carbocycles. The molecule has 1 heterocycles. The number of nitrogens with one attached hydrogen (secondary N) is 1. The quantitative estimate of drug-likeness (QED) is 0.895. The van der Waals surface area contributed by atoms with E-state index in [4.69, 9.17) is 0 Å². The summed E-state index contributed by atoms with van der Waals surface area (Å²) in [7, 11) is 1.87. The largest absolute Gasteiger partial charge is 0.310 e. The maximum atomic E-state index is 13.5. The van der Waals surface area contributed by atoms with Crippen molar-refractivity contribution in [1.82, 2.24) is 15.1 Å². The predicted octanol–water partition coefficient (Wildman–Crippen LogP) is 3.29. The van der Waals surface area contributed by atoms with Gasteiger partial charge in [0.2, 0.25) is 0 Å². The van der Waals surface area contributed by atoms with Gasteiger partial charge >= 0.3 is 0 Å². The van der Waals surface area contributed by atoms with Crippen LogP contribution in [0.25, 0.3) is 11.3 Å². The molecule has 1 aromatic carbocycles. The highest BCUT2D eigenvalue weighted by Crippen LogP contribution is 2.28. The molecule has 0 aliphatic rings. The number of hydrogen-bond donors (Lipinski definition) is 1. The summed E-state index contributed by atoms with van der Waals surface area (Å²) in [6.45, 7) is 5.18. The summed E-state index contributed by atoms with van der Waals surface area (Å²) in [5.74, 6) is -0.220. The number of aryl methyl sites for hydroxylation is 1. The molecule has 4 heteroatoms.